The molecule has 0 unspecified atom stereocenters. The number of carbonyl (C=O) groups is 1. The van der Waals surface area contributed by atoms with Gasteiger partial charge >= 0.3 is 6.09 Å². The Hall–Kier alpha value is -2.43. The third-order valence-electron chi connectivity index (χ3n) is 4.01. The number of piperidine rings is 1. The van der Waals surface area contributed by atoms with Gasteiger partial charge in [-0.2, -0.15) is 0 Å². The van der Waals surface area contributed by atoms with Crippen LogP contribution in [-0.4, -0.2) is 29.1 Å². The van der Waals surface area contributed by atoms with Crippen LogP contribution in [0, 0.1) is 12.7 Å². The number of aryl methyl sites for hydroxylation is 1. The number of hydrogen-bond acceptors (Lipinski definition) is 3. The zero-order chi connectivity index (χ0) is 16.2. The van der Waals surface area contributed by atoms with Crippen LogP contribution >= 0.6 is 0 Å². The molecule has 1 aliphatic rings. The third kappa shape index (κ3) is 3.67. The van der Waals surface area contributed by atoms with E-state index in [1.54, 1.807) is 23.2 Å². The fourth-order valence-corrected chi connectivity index (χ4v) is 2.69. The highest BCUT2D eigenvalue weighted by Gasteiger charge is 2.19. The Bertz CT molecular complexity index is 695. The first-order valence-electron chi connectivity index (χ1n) is 7.83. The Morgan fingerprint density at radius 3 is 2.48 bits per heavy atom. The van der Waals surface area contributed by atoms with Gasteiger partial charge in [0.1, 0.15) is 5.82 Å². The van der Waals surface area contributed by atoms with Gasteiger partial charge in [0.25, 0.3) is 0 Å². The number of aromatic nitrogens is 1. The van der Waals surface area contributed by atoms with Gasteiger partial charge in [-0.25, -0.2) is 14.2 Å². The number of carbonyl (C=O) groups excluding carboxylic acids is 1. The van der Waals surface area contributed by atoms with E-state index in [0.717, 1.165) is 49.0 Å². The quantitative estimate of drug-likeness (QED) is 0.835. The van der Waals surface area contributed by atoms with E-state index in [4.69, 9.17) is 4.74 Å². The maximum atomic E-state index is 13.0. The van der Waals surface area contributed by atoms with Crippen LogP contribution in [0.5, 0.6) is 5.88 Å². The smallest absolute Gasteiger partial charge is 0.391 e. The van der Waals surface area contributed by atoms with Gasteiger partial charge < -0.3 is 9.64 Å². The average Bonchev–Trinajstić information content (AvgIpc) is 2.58. The van der Waals surface area contributed by atoms with Gasteiger partial charge in [-0.15, -0.1) is 0 Å². The molecule has 5 heteroatoms. The van der Waals surface area contributed by atoms with Gasteiger partial charge in [0.05, 0.1) is 0 Å². The molecule has 0 saturated carbocycles. The summed E-state index contributed by atoms with van der Waals surface area (Å²) in [6, 6.07) is 8.11. The summed E-state index contributed by atoms with van der Waals surface area (Å²) in [5.74, 6) is 0.0527. The highest BCUT2D eigenvalue weighted by molar-refractivity contribution is 5.71. The summed E-state index contributed by atoms with van der Waals surface area (Å²) in [6.45, 7) is 3.33. The summed E-state index contributed by atoms with van der Waals surface area (Å²) in [4.78, 5) is 18.1. The first-order chi connectivity index (χ1) is 11.1. The second-order valence-electron chi connectivity index (χ2n) is 5.77. The summed E-state index contributed by atoms with van der Waals surface area (Å²) < 4.78 is 18.4. The highest BCUT2D eigenvalue weighted by atomic mass is 19.1. The molecule has 0 aliphatic carbocycles. The summed E-state index contributed by atoms with van der Waals surface area (Å²) >= 11 is 0. The zero-order valence-corrected chi connectivity index (χ0v) is 13.1. The molecule has 3 rings (SSSR count). The largest absolute Gasteiger partial charge is 0.416 e. The summed E-state index contributed by atoms with van der Waals surface area (Å²) in [5.41, 5.74) is 2.51. The van der Waals surface area contributed by atoms with Crippen LogP contribution in [0.25, 0.3) is 11.1 Å². The van der Waals surface area contributed by atoms with Crippen LogP contribution in [0.3, 0.4) is 0 Å². The summed E-state index contributed by atoms with van der Waals surface area (Å²) in [7, 11) is 0. The standard InChI is InChI=1S/C18H19FN2O2/c1-13-11-15(14-5-7-16(19)8-6-14)12-20-17(13)23-18(22)21-9-3-2-4-10-21/h5-8,11-12H,2-4,9-10H2,1H3. The lowest BCUT2D eigenvalue weighted by Gasteiger charge is -2.25. The maximum Gasteiger partial charge on any atom is 0.416 e. The second-order valence-corrected chi connectivity index (χ2v) is 5.77. The lowest BCUT2D eigenvalue weighted by molar-refractivity contribution is 0.140. The number of amides is 1. The van der Waals surface area contributed by atoms with Crippen LogP contribution in [0.4, 0.5) is 9.18 Å². The van der Waals surface area contributed by atoms with Crippen LogP contribution in [0.1, 0.15) is 24.8 Å². The molecule has 0 spiro atoms. The molecule has 1 fully saturated rings. The van der Waals surface area contributed by atoms with Crippen molar-refractivity contribution in [3.8, 4) is 17.0 Å². The third-order valence-corrected chi connectivity index (χ3v) is 4.01. The van der Waals surface area contributed by atoms with E-state index in [0.29, 0.717) is 5.88 Å². The van der Waals surface area contributed by atoms with Crippen LogP contribution in [-0.2, 0) is 0 Å². The number of hydrogen-bond donors (Lipinski definition) is 0. The van der Waals surface area contributed by atoms with Crippen molar-refractivity contribution in [1.82, 2.24) is 9.88 Å². The molecular weight excluding hydrogens is 295 g/mol. The van der Waals surface area contributed by atoms with E-state index < -0.39 is 0 Å². The van der Waals surface area contributed by atoms with Gasteiger partial charge in [0.15, 0.2) is 0 Å². The van der Waals surface area contributed by atoms with E-state index >= 15 is 0 Å². The SMILES string of the molecule is Cc1cc(-c2ccc(F)cc2)cnc1OC(=O)N1CCCCC1. The number of rotatable bonds is 2. The molecule has 1 aromatic carbocycles. The van der Waals surface area contributed by atoms with Crippen molar-refractivity contribution in [2.45, 2.75) is 26.2 Å². The molecule has 0 radical (unpaired) electrons. The van der Waals surface area contributed by atoms with Crippen molar-refractivity contribution in [2.24, 2.45) is 0 Å². The van der Waals surface area contributed by atoms with Crippen LogP contribution in [0.2, 0.25) is 0 Å². The van der Waals surface area contributed by atoms with Crippen LogP contribution < -0.4 is 4.74 Å². The van der Waals surface area contributed by atoms with Crippen molar-refractivity contribution >= 4 is 6.09 Å². The molecular formula is C18H19FN2O2. The van der Waals surface area contributed by atoms with E-state index in [1.165, 1.54) is 12.1 Å². The molecule has 2 heterocycles. The number of nitrogens with zero attached hydrogens (tertiary/aromatic N) is 2. The first kappa shape index (κ1) is 15.5. The highest BCUT2D eigenvalue weighted by Crippen LogP contribution is 2.24. The zero-order valence-electron chi connectivity index (χ0n) is 13.1. The van der Waals surface area contributed by atoms with Gasteiger partial charge in [0, 0.05) is 30.4 Å². The lowest BCUT2D eigenvalue weighted by Crippen LogP contribution is -2.37. The van der Waals surface area contributed by atoms with Crippen molar-refractivity contribution < 1.29 is 13.9 Å². The Kier molecular flexibility index (Phi) is 4.55. The first-order valence-corrected chi connectivity index (χ1v) is 7.83. The second kappa shape index (κ2) is 6.77. The number of ether oxygens (including phenoxy) is 1. The predicted octanol–water partition coefficient (Wildman–Crippen LogP) is 4.18. The molecule has 4 nitrogen and oxygen atoms in total. The van der Waals surface area contributed by atoms with Crippen molar-refractivity contribution in [2.75, 3.05) is 13.1 Å². The fourth-order valence-electron chi connectivity index (χ4n) is 2.69. The molecule has 23 heavy (non-hydrogen) atoms. The minimum atomic E-state index is -0.338. The monoisotopic (exact) mass is 314 g/mol. The van der Waals surface area contributed by atoms with Gasteiger partial charge in [-0.05, 0) is 49.9 Å². The van der Waals surface area contributed by atoms with E-state index in [9.17, 15) is 9.18 Å². The Labute approximate surface area is 134 Å². The minimum Gasteiger partial charge on any atom is -0.391 e. The number of halogens is 1. The average molecular weight is 314 g/mol. The van der Waals surface area contributed by atoms with Crippen molar-refractivity contribution in [3.63, 3.8) is 0 Å². The molecule has 1 aromatic heterocycles. The fraction of sp³-hybridized carbons (Fsp3) is 0.333. The minimum absolute atomic E-state index is 0.273. The molecule has 0 atom stereocenters. The molecule has 1 amide bonds. The number of benzene rings is 1. The summed E-state index contributed by atoms with van der Waals surface area (Å²) in [5, 5.41) is 0. The topological polar surface area (TPSA) is 42.4 Å². The molecule has 0 bridgehead atoms. The van der Waals surface area contributed by atoms with Gasteiger partial charge in [-0.3, -0.25) is 0 Å². The van der Waals surface area contributed by atoms with E-state index in [-0.39, 0.29) is 11.9 Å². The molecule has 1 saturated heterocycles. The van der Waals surface area contributed by atoms with E-state index in [1.807, 2.05) is 13.0 Å². The molecule has 0 N–H and O–H groups in total. The number of pyridine rings is 1. The normalized spacial score (nSPS) is 14.6. The summed E-state index contributed by atoms with van der Waals surface area (Å²) in [6.07, 6.45) is 4.50. The van der Waals surface area contributed by atoms with Gasteiger partial charge in [0.2, 0.25) is 5.88 Å². The molecule has 120 valence electrons. The Morgan fingerprint density at radius 1 is 1.13 bits per heavy atom. The van der Waals surface area contributed by atoms with Crippen LogP contribution in [0.15, 0.2) is 36.5 Å². The molecule has 1 aliphatic heterocycles. The van der Waals surface area contributed by atoms with E-state index in [2.05, 4.69) is 4.98 Å². The van der Waals surface area contributed by atoms with Crippen molar-refractivity contribution in [3.05, 3.63) is 47.9 Å². The maximum absolute atomic E-state index is 13.0. The Balaban J connectivity index is 1.74. The lowest BCUT2D eigenvalue weighted by atomic mass is 10.1. The predicted molar refractivity (Wildman–Crippen MR) is 85.8 cm³/mol. The van der Waals surface area contributed by atoms with Gasteiger partial charge in [-0.1, -0.05) is 12.1 Å². The number of likely N-dealkylation sites (tertiary alicyclic amines) is 1. The Morgan fingerprint density at radius 2 is 1.83 bits per heavy atom. The van der Waals surface area contributed by atoms with Crippen molar-refractivity contribution in [1.29, 1.82) is 0 Å². The molecule has 2 aromatic rings.